The molecule has 0 radical (unpaired) electrons. The van der Waals surface area contributed by atoms with E-state index in [1.54, 1.807) is 4.90 Å². The molecule has 0 aromatic rings. The largest absolute Gasteiger partial charge is 0.393 e. The molecular weight excluding hydrogens is 282 g/mol. The Balaban J connectivity index is 1.77. The van der Waals surface area contributed by atoms with E-state index in [1.807, 2.05) is 0 Å². The van der Waals surface area contributed by atoms with Crippen molar-refractivity contribution < 1.29 is 18.3 Å². The highest BCUT2D eigenvalue weighted by Gasteiger charge is 2.28. The molecule has 0 aromatic carbocycles. The van der Waals surface area contributed by atoms with Crippen LogP contribution >= 0.6 is 0 Å². The molecule has 116 valence electrons. The average Bonchev–Trinajstić information content (AvgIpc) is 2.40. The number of nitrogens with zero attached hydrogens (tertiary/aromatic N) is 2. The van der Waals surface area contributed by atoms with Gasteiger partial charge in [-0.3, -0.25) is 0 Å². The molecule has 1 saturated carbocycles. The predicted molar refractivity (Wildman–Crippen MR) is 74.8 cm³/mol. The Morgan fingerprint density at radius 2 is 1.65 bits per heavy atom. The Kier molecular flexibility index (Phi) is 4.87. The van der Waals surface area contributed by atoms with Crippen LogP contribution in [0.2, 0.25) is 0 Å². The topological polar surface area (TPSA) is 90.0 Å². The van der Waals surface area contributed by atoms with Crippen LogP contribution in [0.4, 0.5) is 4.79 Å². The minimum Gasteiger partial charge on any atom is -0.393 e. The van der Waals surface area contributed by atoms with Crippen LogP contribution in [0.15, 0.2) is 0 Å². The second-order valence-electron chi connectivity index (χ2n) is 5.60. The summed E-state index contributed by atoms with van der Waals surface area (Å²) in [5, 5.41) is 12.4. The smallest absolute Gasteiger partial charge is 0.317 e. The van der Waals surface area contributed by atoms with Gasteiger partial charge in [-0.25, -0.2) is 13.2 Å². The van der Waals surface area contributed by atoms with Gasteiger partial charge in [0, 0.05) is 32.2 Å². The van der Waals surface area contributed by atoms with Gasteiger partial charge in [-0.1, -0.05) is 0 Å². The van der Waals surface area contributed by atoms with Crippen molar-refractivity contribution in [2.75, 3.05) is 32.4 Å². The molecule has 0 spiro atoms. The van der Waals surface area contributed by atoms with Crippen LogP contribution < -0.4 is 5.32 Å². The van der Waals surface area contributed by atoms with Crippen molar-refractivity contribution in [3.63, 3.8) is 0 Å². The summed E-state index contributed by atoms with van der Waals surface area (Å²) in [7, 11) is -3.16. The highest BCUT2D eigenvalue weighted by Crippen LogP contribution is 2.18. The van der Waals surface area contributed by atoms with Crippen LogP contribution in [0, 0.1) is 0 Å². The Morgan fingerprint density at radius 1 is 1.10 bits per heavy atom. The van der Waals surface area contributed by atoms with Gasteiger partial charge >= 0.3 is 6.03 Å². The molecule has 1 aliphatic carbocycles. The molecule has 0 unspecified atom stereocenters. The molecule has 1 aliphatic heterocycles. The number of aliphatic hydroxyl groups is 1. The molecule has 2 amide bonds. The van der Waals surface area contributed by atoms with E-state index >= 15 is 0 Å². The lowest BCUT2D eigenvalue weighted by Crippen LogP contribution is -2.54. The predicted octanol–water partition coefficient (Wildman–Crippen LogP) is -0.423. The first-order valence-electron chi connectivity index (χ1n) is 7.05. The zero-order chi connectivity index (χ0) is 14.8. The summed E-state index contributed by atoms with van der Waals surface area (Å²) in [6.45, 7) is 1.56. The van der Waals surface area contributed by atoms with Gasteiger partial charge < -0.3 is 15.3 Å². The van der Waals surface area contributed by atoms with E-state index in [4.69, 9.17) is 0 Å². The van der Waals surface area contributed by atoms with Crippen LogP contribution in [0.25, 0.3) is 0 Å². The third-order valence-corrected chi connectivity index (χ3v) is 5.32. The number of aliphatic hydroxyl groups excluding tert-OH is 1. The average molecular weight is 305 g/mol. The zero-order valence-corrected chi connectivity index (χ0v) is 12.6. The maximum atomic E-state index is 12.1. The second kappa shape index (κ2) is 6.28. The fourth-order valence-electron chi connectivity index (χ4n) is 2.71. The molecule has 0 bridgehead atoms. The van der Waals surface area contributed by atoms with Crippen molar-refractivity contribution in [2.24, 2.45) is 0 Å². The summed E-state index contributed by atoms with van der Waals surface area (Å²) in [6, 6.07) is -0.00150. The summed E-state index contributed by atoms with van der Waals surface area (Å²) in [4.78, 5) is 13.7. The summed E-state index contributed by atoms with van der Waals surface area (Å²) < 4.78 is 24.2. The number of carbonyl (C=O) groups is 1. The Hall–Kier alpha value is -0.860. The van der Waals surface area contributed by atoms with Crippen molar-refractivity contribution in [3.05, 3.63) is 0 Å². The van der Waals surface area contributed by atoms with E-state index in [9.17, 15) is 18.3 Å². The number of urea groups is 1. The normalized spacial score (nSPS) is 29.2. The third-order valence-electron chi connectivity index (χ3n) is 4.02. The zero-order valence-electron chi connectivity index (χ0n) is 11.8. The molecule has 0 atom stereocenters. The summed E-state index contributed by atoms with van der Waals surface area (Å²) in [5.74, 6) is 0. The minimum absolute atomic E-state index is 0.124. The van der Waals surface area contributed by atoms with Gasteiger partial charge in [0.15, 0.2) is 0 Å². The summed E-state index contributed by atoms with van der Waals surface area (Å²) in [6.07, 6.45) is 4.02. The molecule has 1 saturated heterocycles. The molecular formula is C12H23N3O4S. The van der Waals surface area contributed by atoms with Gasteiger partial charge in [0.05, 0.1) is 12.4 Å². The number of rotatable bonds is 2. The molecule has 2 rings (SSSR count). The first-order valence-corrected chi connectivity index (χ1v) is 8.89. The van der Waals surface area contributed by atoms with Crippen LogP contribution in [-0.2, 0) is 10.0 Å². The van der Waals surface area contributed by atoms with Gasteiger partial charge in [0.2, 0.25) is 10.0 Å². The molecule has 1 heterocycles. The Labute approximate surface area is 120 Å². The lowest BCUT2D eigenvalue weighted by molar-refractivity contribution is 0.113. The number of carbonyl (C=O) groups excluding carboxylic acids is 1. The maximum Gasteiger partial charge on any atom is 0.317 e. The van der Waals surface area contributed by atoms with Crippen LogP contribution in [0.3, 0.4) is 0 Å². The molecule has 2 aliphatic rings. The number of nitrogens with one attached hydrogen (secondary N) is 1. The van der Waals surface area contributed by atoms with Gasteiger partial charge in [0.1, 0.15) is 0 Å². The summed E-state index contributed by atoms with van der Waals surface area (Å²) in [5.41, 5.74) is 0. The number of piperazine rings is 1. The van der Waals surface area contributed by atoms with E-state index in [1.165, 1.54) is 10.6 Å². The van der Waals surface area contributed by atoms with Crippen molar-refractivity contribution in [2.45, 2.75) is 37.8 Å². The van der Waals surface area contributed by atoms with E-state index in [2.05, 4.69) is 5.32 Å². The first-order chi connectivity index (χ1) is 9.36. The van der Waals surface area contributed by atoms with E-state index in [0.717, 1.165) is 25.7 Å². The van der Waals surface area contributed by atoms with Crippen LogP contribution in [-0.4, -0.2) is 73.3 Å². The maximum absolute atomic E-state index is 12.1. The van der Waals surface area contributed by atoms with Gasteiger partial charge in [-0.2, -0.15) is 4.31 Å². The van der Waals surface area contributed by atoms with E-state index < -0.39 is 10.0 Å². The quantitative estimate of drug-likeness (QED) is 0.725. The van der Waals surface area contributed by atoms with Crippen molar-refractivity contribution in [3.8, 4) is 0 Å². The molecule has 0 aromatic heterocycles. The van der Waals surface area contributed by atoms with E-state index in [0.29, 0.717) is 26.2 Å². The molecule has 7 nitrogen and oxygen atoms in total. The van der Waals surface area contributed by atoms with Gasteiger partial charge in [-0.15, -0.1) is 0 Å². The first kappa shape index (κ1) is 15.5. The molecule has 2 N–H and O–H groups in total. The number of hydrogen-bond acceptors (Lipinski definition) is 4. The SMILES string of the molecule is CS(=O)(=O)N1CCN(C(=O)NC2CCC(O)CC2)CC1. The fraction of sp³-hybridized carbons (Fsp3) is 0.917. The molecule has 2 fully saturated rings. The number of sulfonamides is 1. The molecule has 20 heavy (non-hydrogen) atoms. The highest BCUT2D eigenvalue weighted by molar-refractivity contribution is 7.88. The standard InChI is InChI=1S/C12H23N3O4S/c1-20(18,19)15-8-6-14(7-9-15)12(17)13-10-2-4-11(16)5-3-10/h10-11,16H,2-9H2,1H3,(H,13,17). The van der Waals surface area contributed by atoms with Gasteiger partial charge in [-0.05, 0) is 25.7 Å². The Morgan fingerprint density at radius 3 is 2.15 bits per heavy atom. The van der Waals surface area contributed by atoms with Crippen LogP contribution in [0.5, 0.6) is 0 Å². The number of amides is 2. The summed E-state index contributed by atoms with van der Waals surface area (Å²) >= 11 is 0. The van der Waals surface area contributed by atoms with Crippen molar-refractivity contribution in [1.29, 1.82) is 0 Å². The van der Waals surface area contributed by atoms with Crippen molar-refractivity contribution >= 4 is 16.1 Å². The molecule has 8 heteroatoms. The van der Waals surface area contributed by atoms with Crippen molar-refractivity contribution in [1.82, 2.24) is 14.5 Å². The highest BCUT2D eigenvalue weighted by atomic mass is 32.2. The fourth-order valence-corrected chi connectivity index (χ4v) is 3.54. The van der Waals surface area contributed by atoms with E-state index in [-0.39, 0.29) is 18.2 Å². The van der Waals surface area contributed by atoms with Crippen LogP contribution in [0.1, 0.15) is 25.7 Å². The van der Waals surface area contributed by atoms with Gasteiger partial charge in [0.25, 0.3) is 0 Å². The third kappa shape index (κ3) is 4.07. The number of hydrogen-bond donors (Lipinski definition) is 2. The lowest BCUT2D eigenvalue weighted by Gasteiger charge is -2.35. The monoisotopic (exact) mass is 305 g/mol. The lowest BCUT2D eigenvalue weighted by atomic mass is 9.93. The second-order valence-corrected chi connectivity index (χ2v) is 7.59. The Bertz CT molecular complexity index is 438. The minimum atomic E-state index is -3.16.